The number of amides is 1. The molecule has 0 unspecified atom stereocenters. The highest BCUT2D eigenvalue weighted by Gasteiger charge is 2.33. The molecule has 5 nitrogen and oxygen atoms in total. The molecule has 0 saturated heterocycles. The number of rotatable bonds is 5. The molecule has 2 aromatic heterocycles. The zero-order valence-electron chi connectivity index (χ0n) is 20.4. The number of hydrogen-bond acceptors (Lipinski definition) is 3. The molecule has 3 heterocycles. The van der Waals surface area contributed by atoms with Crippen molar-refractivity contribution < 1.29 is 31.1 Å². The molecule has 4 aromatic rings. The van der Waals surface area contributed by atoms with Crippen LogP contribution in [0.2, 0.25) is 0 Å². The smallest absolute Gasteiger partial charge is 0.333 e. The average Bonchev–Trinajstić information content (AvgIpc) is 3.21. The molecule has 11 heteroatoms. The minimum atomic E-state index is -4.56. The summed E-state index contributed by atoms with van der Waals surface area (Å²) in [6.07, 6.45) is 0.303. The van der Waals surface area contributed by atoms with Gasteiger partial charge in [0.2, 0.25) is 5.95 Å². The number of fused-ring (bicyclic) bond motifs is 3. The molecular weight excluding hydrogens is 522 g/mol. The summed E-state index contributed by atoms with van der Waals surface area (Å²) in [5.41, 5.74) is 1.38. The van der Waals surface area contributed by atoms with E-state index in [-0.39, 0.29) is 18.7 Å². The molecule has 202 valence electrons. The SMILES string of the molecule is O=C(NCc1ccnc(F)c1)n1c2c(c3cc(C(F)(F)F)ccc31)CN(CC=Cc1ccc(F)cc1F)CC2. The third kappa shape index (κ3) is 5.68. The summed E-state index contributed by atoms with van der Waals surface area (Å²) >= 11 is 0. The van der Waals surface area contributed by atoms with Crippen molar-refractivity contribution in [1.82, 2.24) is 19.8 Å². The largest absolute Gasteiger partial charge is 0.416 e. The molecule has 5 rings (SSSR count). The van der Waals surface area contributed by atoms with E-state index in [0.29, 0.717) is 47.2 Å². The zero-order valence-corrected chi connectivity index (χ0v) is 20.4. The Bertz CT molecular complexity index is 1580. The molecule has 0 spiro atoms. The second-order valence-electron chi connectivity index (χ2n) is 9.19. The Morgan fingerprint density at radius 1 is 1.05 bits per heavy atom. The van der Waals surface area contributed by atoms with Crippen LogP contribution in [-0.2, 0) is 25.7 Å². The van der Waals surface area contributed by atoms with E-state index in [1.54, 1.807) is 12.1 Å². The molecule has 0 atom stereocenters. The average molecular weight is 544 g/mol. The van der Waals surface area contributed by atoms with Crippen LogP contribution in [0.25, 0.3) is 17.0 Å². The van der Waals surface area contributed by atoms with Crippen molar-refractivity contribution >= 4 is 23.0 Å². The van der Waals surface area contributed by atoms with Gasteiger partial charge in [-0.3, -0.25) is 9.47 Å². The van der Waals surface area contributed by atoms with Crippen LogP contribution in [-0.4, -0.2) is 33.6 Å². The van der Waals surface area contributed by atoms with Gasteiger partial charge in [-0.05, 0) is 53.6 Å². The lowest BCUT2D eigenvalue weighted by Crippen LogP contribution is -2.34. The Balaban J connectivity index is 1.43. The van der Waals surface area contributed by atoms with E-state index in [2.05, 4.69) is 10.3 Å². The van der Waals surface area contributed by atoms with Crippen LogP contribution in [0.4, 0.5) is 31.1 Å². The Labute approximate surface area is 219 Å². The van der Waals surface area contributed by atoms with Crippen molar-refractivity contribution in [2.75, 3.05) is 13.1 Å². The third-order valence-electron chi connectivity index (χ3n) is 6.62. The molecule has 0 aliphatic carbocycles. The topological polar surface area (TPSA) is 50.2 Å². The summed E-state index contributed by atoms with van der Waals surface area (Å²) in [7, 11) is 0. The number of hydrogen-bond donors (Lipinski definition) is 1. The highest BCUT2D eigenvalue weighted by Crippen LogP contribution is 2.36. The van der Waals surface area contributed by atoms with Crippen LogP contribution in [0.1, 0.15) is 27.9 Å². The van der Waals surface area contributed by atoms with Gasteiger partial charge in [0, 0.05) is 61.5 Å². The zero-order chi connectivity index (χ0) is 27.7. The Morgan fingerprint density at radius 3 is 2.62 bits per heavy atom. The second-order valence-corrected chi connectivity index (χ2v) is 9.19. The van der Waals surface area contributed by atoms with Crippen molar-refractivity contribution in [3.05, 3.63) is 106 Å². The molecule has 0 bridgehead atoms. The number of aromatic nitrogens is 2. The number of nitrogens with zero attached hydrogens (tertiary/aromatic N) is 3. The highest BCUT2D eigenvalue weighted by molar-refractivity contribution is 5.96. The van der Waals surface area contributed by atoms with Gasteiger partial charge >= 0.3 is 12.2 Å². The standard InChI is InChI=1S/C28H22F6N4O/c29-20-5-3-18(23(30)14-20)2-1-10-37-11-8-25-22(16-37)21-13-19(28(32,33)34)4-6-24(21)38(25)27(39)36-15-17-7-9-35-26(31)12-17/h1-7,9,12-14H,8,10-11,15-16H2,(H,36,39). The maximum atomic E-state index is 13.9. The normalized spacial score (nSPS) is 14.2. The third-order valence-corrected chi connectivity index (χ3v) is 6.62. The van der Waals surface area contributed by atoms with Gasteiger partial charge in [-0.1, -0.05) is 12.2 Å². The van der Waals surface area contributed by atoms with E-state index in [9.17, 15) is 31.1 Å². The first kappa shape index (κ1) is 26.5. The quantitative estimate of drug-likeness (QED) is 0.237. The molecule has 1 aliphatic rings. The van der Waals surface area contributed by atoms with Gasteiger partial charge < -0.3 is 5.32 Å². The summed E-state index contributed by atoms with van der Waals surface area (Å²) in [6, 6.07) is 8.71. The minimum Gasteiger partial charge on any atom is -0.333 e. The van der Waals surface area contributed by atoms with E-state index >= 15 is 0 Å². The van der Waals surface area contributed by atoms with Crippen LogP contribution in [0.3, 0.4) is 0 Å². The lowest BCUT2D eigenvalue weighted by atomic mass is 10.0. The maximum Gasteiger partial charge on any atom is 0.416 e. The molecule has 1 N–H and O–H groups in total. The lowest BCUT2D eigenvalue weighted by Gasteiger charge is -2.27. The van der Waals surface area contributed by atoms with Crippen molar-refractivity contribution in [1.29, 1.82) is 0 Å². The summed E-state index contributed by atoms with van der Waals surface area (Å²) < 4.78 is 82.4. The van der Waals surface area contributed by atoms with Gasteiger partial charge in [-0.25, -0.2) is 18.6 Å². The summed E-state index contributed by atoms with van der Waals surface area (Å²) in [4.78, 5) is 18.7. The fraction of sp³-hybridized carbons (Fsp3) is 0.214. The van der Waals surface area contributed by atoms with Gasteiger partial charge in [0.25, 0.3) is 0 Å². The molecular formula is C28H22F6N4O. The van der Waals surface area contributed by atoms with Crippen molar-refractivity contribution in [2.24, 2.45) is 0 Å². The van der Waals surface area contributed by atoms with Crippen molar-refractivity contribution in [3.63, 3.8) is 0 Å². The molecule has 1 amide bonds. The van der Waals surface area contributed by atoms with Gasteiger partial charge in [-0.2, -0.15) is 17.6 Å². The van der Waals surface area contributed by atoms with Crippen molar-refractivity contribution in [2.45, 2.75) is 25.7 Å². The number of nitrogens with one attached hydrogen (secondary N) is 1. The van der Waals surface area contributed by atoms with Crippen LogP contribution in [0.15, 0.2) is 60.8 Å². The molecule has 2 aromatic carbocycles. The summed E-state index contributed by atoms with van der Waals surface area (Å²) in [5.74, 6) is -2.07. The van der Waals surface area contributed by atoms with Crippen molar-refractivity contribution in [3.8, 4) is 0 Å². The lowest BCUT2D eigenvalue weighted by molar-refractivity contribution is -0.137. The Kier molecular flexibility index (Phi) is 7.17. The van der Waals surface area contributed by atoms with Gasteiger partial charge in [0.05, 0.1) is 11.1 Å². The van der Waals surface area contributed by atoms with Crippen LogP contribution in [0, 0.1) is 17.6 Å². The van der Waals surface area contributed by atoms with Crippen LogP contribution in [0.5, 0.6) is 0 Å². The molecule has 0 saturated carbocycles. The predicted octanol–water partition coefficient (Wildman–Crippen LogP) is 6.30. The number of carbonyl (C=O) groups is 1. The second kappa shape index (κ2) is 10.6. The number of alkyl halides is 3. The fourth-order valence-electron chi connectivity index (χ4n) is 4.75. The minimum absolute atomic E-state index is 0.00419. The first-order chi connectivity index (χ1) is 18.6. The first-order valence-corrected chi connectivity index (χ1v) is 12.1. The Morgan fingerprint density at radius 2 is 1.87 bits per heavy atom. The first-order valence-electron chi connectivity index (χ1n) is 12.1. The molecule has 1 aliphatic heterocycles. The monoisotopic (exact) mass is 544 g/mol. The van der Waals surface area contributed by atoms with E-state index in [4.69, 9.17) is 0 Å². The Hall–Kier alpha value is -4.12. The molecule has 0 fully saturated rings. The van der Waals surface area contributed by atoms with E-state index in [1.165, 1.54) is 35.0 Å². The van der Waals surface area contributed by atoms with E-state index in [0.717, 1.165) is 24.3 Å². The van der Waals surface area contributed by atoms with E-state index in [1.807, 2.05) is 4.90 Å². The molecule has 0 radical (unpaired) electrons. The molecule has 39 heavy (non-hydrogen) atoms. The van der Waals surface area contributed by atoms with Gasteiger partial charge in [-0.15, -0.1) is 0 Å². The van der Waals surface area contributed by atoms with E-state index < -0.39 is 35.4 Å². The summed E-state index contributed by atoms with van der Waals surface area (Å²) in [5, 5.41) is 3.02. The highest BCUT2D eigenvalue weighted by atomic mass is 19.4. The number of halogens is 6. The number of carbonyl (C=O) groups excluding carboxylic acids is 1. The maximum absolute atomic E-state index is 13.9. The van der Waals surface area contributed by atoms with Crippen LogP contribution >= 0.6 is 0 Å². The van der Waals surface area contributed by atoms with Crippen LogP contribution < -0.4 is 5.32 Å². The number of pyridine rings is 1. The predicted molar refractivity (Wildman–Crippen MR) is 133 cm³/mol. The van der Waals surface area contributed by atoms with Gasteiger partial charge in [0.15, 0.2) is 0 Å². The van der Waals surface area contributed by atoms with Gasteiger partial charge in [0.1, 0.15) is 11.6 Å². The summed E-state index contributed by atoms with van der Waals surface area (Å²) in [6.45, 7) is 1.12. The number of benzene rings is 2. The fourth-order valence-corrected chi connectivity index (χ4v) is 4.75.